The smallest absolute Gasteiger partial charge is 0.145 e. The van der Waals surface area contributed by atoms with Gasteiger partial charge in [0.1, 0.15) is 17.5 Å². The number of fused-ring (bicyclic) bond motifs is 2. The van der Waals surface area contributed by atoms with Gasteiger partial charge in [-0.25, -0.2) is 15.8 Å². The predicted molar refractivity (Wildman–Crippen MR) is 81.4 cm³/mol. The van der Waals surface area contributed by atoms with Crippen LogP contribution in [0.15, 0.2) is 6.07 Å². The number of hydrazine groups is 1. The molecule has 1 aromatic heterocycles. The summed E-state index contributed by atoms with van der Waals surface area (Å²) in [6.45, 7) is 3.17. The molecule has 0 aliphatic heterocycles. The topological polar surface area (TPSA) is 67.1 Å². The summed E-state index contributed by atoms with van der Waals surface area (Å²) in [5.41, 5.74) is 2.64. The SMILES string of the molecule is CCc1nc(NN)cc(N(C)CC2CC3CCC2C3)n1. The molecule has 3 rings (SSSR count). The summed E-state index contributed by atoms with van der Waals surface area (Å²) < 4.78 is 0. The van der Waals surface area contributed by atoms with E-state index in [-0.39, 0.29) is 0 Å². The Balaban J connectivity index is 1.71. The number of anilines is 2. The zero-order chi connectivity index (χ0) is 14.1. The maximum atomic E-state index is 5.50. The van der Waals surface area contributed by atoms with E-state index < -0.39 is 0 Å². The molecular weight excluding hydrogens is 250 g/mol. The number of aryl methyl sites for hydroxylation is 1. The van der Waals surface area contributed by atoms with Gasteiger partial charge in [0.25, 0.3) is 0 Å². The largest absolute Gasteiger partial charge is 0.359 e. The number of nitrogens with zero attached hydrogens (tertiary/aromatic N) is 3. The molecule has 3 N–H and O–H groups in total. The molecule has 5 heteroatoms. The molecule has 1 heterocycles. The minimum Gasteiger partial charge on any atom is -0.359 e. The molecule has 0 saturated heterocycles. The Bertz CT molecular complexity index is 453. The Kier molecular flexibility index (Phi) is 3.78. The lowest BCUT2D eigenvalue weighted by Gasteiger charge is -2.28. The first kappa shape index (κ1) is 13.6. The number of hydrogen-bond donors (Lipinski definition) is 2. The number of nitrogens with one attached hydrogen (secondary N) is 1. The lowest BCUT2D eigenvalue weighted by Crippen LogP contribution is -2.29. The van der Waals surface area contributed by atoms with Crippen LogP contribution in [0.5, 0.6) is 0 Å². The summed E-state index contributed by atoms with van der Waals surface area (Å²) >= 11 is 0. The van der Waals surface area contributed by atoms with E-state index in [0.29, 0.717) is 5.82 Å². The van der Waals surface area contributed by atoms with Gasteiger partial charge < -0.3 is 10.3 Å². The van der Waals surface area contributed by atoms with E-state index in [0.717, 1.165) is 42.4 Å². The van der Waals surface area contributed by atoms with Crippen molar-refractivity contribution in [1.82, 2.24) is 9.97 Å². The average Bonchev–Trinajstić information content (AvgIpc) is 3.09. The summed E-state index contributed by atoms with van der Waals surface area (Å²) in [4.78, 5) is 11.2. The highest BCUT2D eigenvalue weighted by molar-refractivity contribution is 5.48. The summed E-state index contributed by atoms with van der Waals surface area (Å²) in [6.07, 6.45) is 6.58. The first-order valence-electron chi connectivity index (χ1n) is 7.75. The molecule has 0 spiro atoms. The van der Waals surface area contributed by atoms with Crippen LogP contribution in [0.25, 0.3) is 0 Å². The van der Waals surface area contributed by atoms with Crippen molar-refractivity contribution in [1.29, 1.82) is 0 Å². The second-order valence-electron chi connectivity index (χ2n) is 6.34. The van der Waals surface area contributed by atoms with Gasteiger partial charge in [0.2, 0.25) is 0 Å². The van der Waals surface area contributed by atoms with Crippen LogP contribution in [0.3, 0.4) is 0 Å². The predicted octanol–water partition coefficient (Wildman–Crippen LogP) is 2.20. The molecule has 1 aromatic rings. The highest BCUT2D eigenvalue weighted by atomic mass is 15.3. The monoisotopic (exact) mass is 275 g/mol. The van der Waals surface area contributed by atoms with E-state index in [4.69, 9.17) is 5.84 Å². The van der Waals surface area contributed by atoms with Crippen molar-refractivity contribution in [2.24, 2.45) is 23.6 Å². The van der Waals surface area contributed by atoms with Crippen LogP contribution < -0.4 is 16.2 Å². The Hall–Kier alpha value is -1.36. The maximum absolute atomic E-state index is 5.50. The third-order valence-electron chi connectivity index (χ3n) is 5.01. The van der Waals surface area contributed by atoms with E-state index in [1.165, 1.54) is 25.7 Å². The molecule has 2 aliphatic carbocycles. The number of aromatic nitrogens is 2. The molecule has 2 fully saturated rings. The third kappa shape index (κ3) is 2.59. The Morgan fingerprint density at radius 1 is 1.35 bits per heavy atom. The van der Waals surface area contributed by atoms with Gasteiger partial charge in [-0.05, 0) is 37.0 Å². The maximum Gasteiger partial charge on any atom is 0.145 e. The fraction of sp³-hybridized carbons (Fsp3) is 0.733. The van der Waals surface area contributed by atoms with Gasteiger partial charge in [-0.1, -0.05) is 13.3 Å². The van der Waals surface area contributed by atoms with E-state index in [1.807, 2.05) is 6.07 Å². The highest BCUT2D eigenvalue weighted by Crippen LogP contribution is 2.48. The van der Waals surface area contributed by atoms with Crippen molar-refractivity contribution in [3.05, 3.63) is 11.9 Å². The normalized spacial score (nSPS) is 27.9. The molecule has 5 nitrogen and oxygen atoms in total. The molecule has 3 unspecified atom stereocenters. The fourth-order valence-electron chi connectivity index (χ4n) is 3.96. The van der Waals surface area contributed by atoms with Crippen molar-refractivity contribution in [3.63, 3.8) is 0 Å². The second-order valence-corrected chi connectivity index (χ2v) is 6.34. The Morgan fingerprint density at radius 2 is 2.20 bits per heavy atom. The number of hydrogen-bond acceptors (Lipinski definition) is 5. The van der Waals surface area contributed by atoms with Gasteiger partial charge in [-0.3, -0.25) is 0 Å². The molecule has 20 heavy (non-hydrogen) atoms. The Morgan fingerprint density at radius 3 is 2.80 bits per heavy atom. The van der Waals surface area contributed by atoms with Gasteiger partial charge in [0.05, 0.1) is 0 Å². The summed E-state index contributed by atoms with van der Waals surface area (Å²) in [5.74, 6) is 10.8. The van der Waals surface area contributed by atoms with Gasteiger partial charge in [-0.2, -0.15) is 0 Å². The van der Waals surface area contributed by atoms with Crippen molar-refractivity contribution >= 4 is 11.6 Å². The molecule has 110 valence electrons. The minimum absolute atomic E-state index is 0.701. The molecule has 0 aromatic carbocycles. The summed E-state index contributed by atoms with van der Waals surface area (Å²) in [7, 11) is 2.13. The lowest BCUT2D eigenvalue weighted by atomic mass is 9.88. The van der Waals surface area contributed by atoms with Crippen molar-refractivity contribution in [3.8, 4) is 0 Å². The second kappa shape index (κ2) is 5.56. The number of nitrogens with two attached hydrogens (primary N) is 1. The summed E-state index contributed by atoms with van der Waals surface area (Å²) in [6, 6.07) is 1.94. The van der Waals surface area contributed by atoms with Crippen molar-refractivity contribution in [2.75, 3.05) is 23.9 Å². The van der Waals surface area contributed by atoms with Gasteiger partial charge in [0.15, 0.2) is 0 Å². The molecule has 0 radical (unpaired) electrons. The molecule has 2 bridgehead atoms. The fourth-order valence-corrected chi connectivity index (χ4v) is 3.96. The Labute approximate surface area is 120 Å². The van der Waals surface area contributed by atoms with Crippen LogP contribution in [0.2, 0.25) is 0 Å². The van der Waals surface area contributed by atoms with Gasteiger partial charge in [0, 0.05) is 26.1 Å². The van der Waals surface area contributed by atoms with E-state index in [9.17, 15) is 0 Å². The number of nitrogen functional groups attached to an aromatic ring is 1. The van der Waals surface area contributed by atoms with Crippen LogP contribution in [0, 0.1) is 17.8 Å². The van der Waals surface area contributed by atoms with Crippen LogP contribution in [0.1, 0.15) is 38.4 Å². The van der Waals surface area contributed by atoms with E-state index in [1.54, 1.807) is 0 Å². The summed E-state index contributed by atoms with van der Waals surface area (Å²) in [5, 5.41) is 0. The van der Waals surface area contributed by atoms with E-state index in [2.05, 4.69) is 34.3 Å². The van der Waals surface area contributed by atoms with Crippen LogP contribution >= 0.6 is 0 Å². The van der Waals surface area contributed by atoms with Crippen molar-refractivity contribution < 1.29 is 0 Å². The molecule has 2 saturated carbocycles. The minimum atomic E-state index is 0.701. The molecule has 0 amide bonds. The number of rotatable bonds is 5. The highest BCUT2D eigenvalue weighted by Gasteiger charge is 2.39. The van der Waals surface area contributed by atoms with Crippen LogP contribution in [-0.4, -0.2) is 23.6 Å². The van der Waals surface area contributed by atoms with E-state index >= 15 is 0 Å². The first-order chi connectivity index (χ1) is 9.69. The molecule has 3 atom stereocenters. The zero-order valence-electron chi connectivity index (χ0n) is 12.5. The standard InChI is InChI=1S/C15H25N5/c1-3-13-17-14(19-16)8-15(18-13)20(2)9-12-7-10-4-5-11(12)6-10/h8,10-12H,3-7,9,16H2,1-2H3,(H,17,18,19). The molecule has 2 aliphatic rings. The molecular formula is C15H25N5. The van der Waals surface area contributed by atoms with Crippen LogP contribution in [-0.2, 0) is 6.42 Å². The quantitative estimate of drug-likeness (QED) is 0.637. The van der Waals surface area contributed by atoms with Gasteiger partial charge in [-0.15, -0.1) is 0 Å². The average molecular weight is 275 g/mol. The first-order valence-corrected chi connectivity index (χ1v) is 7.75. The zero-order valence-corrected chi connectivity index (χ0v) is 12.5. The third-order valence-corrected chi connectivity index (χ3v) is 5.01. The van der Waals surface area contributed by atoms with Gasteiger partial charge >= 0.3 is 0 Å². The van der Waals surface area contributed by atoms with Crippen molar-refractivity contribution in [2.45, 2.75) is 39.0 Å². The van der Waals surface area contributed by atoms with Crippen LogP contribution in [0.4, 0.5) is 11.6 Å². The lowest BCUT2D eigenvalue weighted by molar-refractivity contribution is 0.337.